The van der Waals surface area contributed by atoms with Crippen molar-refractivity contribution in [3.05, 3.63) is 21.7 Å². The second kappa shape index (κ2) is 7.03. The molecule has 0 spiro atoms. The molecule has 0 aliphatic carbocycles. The third-order valence-electron chi connectivity index (χ3n) is 2.68. The number of rotatable bonds is 6. The molecule has 1 aromatic rings. The van der Waals surface area contributed by atoms with Crippen LogP contribution in [0.1, 0.15) is 10.4 Å². The van der Waals surface area contributed by atoms with Gasteiger partial charge in [-0.1, -0.05) is 0 Å². The van der Waals surface area contributed by atoms with Crippen LogP contribution in [0.3, 0.4) is 0 Å². The molecule has 0 atom stereocenters. The lowest BCUT2D eigenvalue weighted by Crippen LogP contribution is -2.34. The van der Waals surface area contributed by atoms with Crippen LogP contribution < -0.4 is 19.5 Å². The van der Waals surface area contributed by atoms with Gasteiger partial charge in [-0.2, -0.15) is 13.2 Å². The molecule has 11 heteroatoms. The number of benzene rings is 1. The topological polar surface area (TPSA) is 99.9 Å². The van der Waals surface area contributed by atoms with E-state index in [1.807, 2.05) is 0 Å². The number of ether oxygens (including phenoxy) is 3. The SMILES string of the molecule is COc1cc(C(=O)NCC(F)(F)F)c([N+](=O)[O-])c(OC)c1OC. The van der Waals surface area contributed by atoms with Crippen molar-refractivity contribution in [3.8, 4) is 17.2 Å². The van der Waals surface area contributed by atoms with E-state index in [2.05, 4.69) is 0 Å². The number of hydrogen-bond donors (Lipinski definition) is 1. The van der Waals surface area contributed by atoms with Crippen molar-refractivity contribution >= 4 is 11.6 Å². The van der Waals surface area contributed by atoms with Crippen LogP contribution in [0.2, 0.25) is 0 Å². The molecule has 1 amide bonds. The molecule has 23 heavy (non-hydrogen) atoms. The number of alkyl halides is 3. The molecule has 0 aromatic heterocycles. The monoisotopic (exact) mass is 338 g/mol. The minimum Gasteiger partial charge on any atom is -0.493 e. The van der Waals surface area contributed by atoms with Gasteiger partial charge in [-0.05, 0) is 0 Å². The lowest BCUT2D eigenvalue weighted by atomic mass is 10.1. The predicted octanol–water partition coefficient (Wildman–Crippen LogP) is 1.91. The van der Waals surface area contributed by atoms with Gasteiger partial charge in [-0.25, -0.2) is 0 Å². The van der Waals surface area contributed by atoms with Crippen molar-refractivity contribution in [2.45, 2.75) is 6.18 Å². The van der Waals surface area contributed by atoms with E-state index in [0.29, 0.717) is 0 Å². The number of nitro groups is 1. The number of nitrogens with zero attached hydrogens (tertiary/aromatic N) is 1. The molecule has 0 aliphatic rings. The molecular weight excluding hydrogens is 325 g/mol. The zero-order chi connectivity index (χ0) is 17.8. The van der Waals surface area contributed by atoms with E-state index in [1.54, 1.807) is 5.32 Å². The van der Waals surface area contributed by atoms with E-state index in [9.17, 15) is 28.1 Å². The average molecular weight is 338 g/mol. The van der Waals surface area contributed by atoms with E-state index in [0.717, 1.165) is 13.2 Å². The fraction of sp³-hybridized carbons (Fsp3) is 0.417. The lowest BCUT2D eigenvalue weighted by molar-refractivity contribution is -0.386. The molecule has 1 rings (SSSR count). The molecule has 0 saturated heterocycles. The molecule has 0 bridgehead atoms. The van der Waals surface area contributed by atoms with Crippen molar-refractivity contribution in [2.24, 2.45) is 0 Å². The first-order valence-electron chi connectivity index (χ1n) is 5.98. The van der Waals surface area contributed by atoms with Crippen LogP contribution in [0, 0.1) is 10.1 Å². The summed E-state index contributed by atoms with van der Waals surface area (Å²) in [7, 11) is 3.47. The maximum Gasteiger partial charge on any atom is 0.405 e. The molecule has 128 valence electrons. The van der Waals surface area contributed by atoms with Gasteiger partial charge in [0.1, 0.15) is 12.1 Å². The first-order valence-corrected chi connectivity index (χ1v) is 5.98. The van der Waals surface area contributed by atoms with Crippen LogP contribution in [0.25, 0.3) is 0 Å². The molecule has 0 heterocycles. The number of methoxy groups -OCH3 is 3. The van der Waals surface area contributed by atoms with Gasteiger partial charge in [0.15, 0.2) is 5.75 Å². The summed E-state index contributed by atoms with van der Waals surface area (Å²) in [5, 5.41) is 12.8. The largest absolute Gasteiger partial charge is 0.493 e. The van der Waals surface area contributed by atoms with Gasteiger partial charge >= 0.3 is 11.9 Å². The first-order chi connectivity index (χ1) is 10.7. The van der Waals surface area contributed by atoms with Crippen molar-refractivity contribution in [2.75, 3.05) is 27.9 Å². The Bertz CT molecular complexity index is 618. The molecule has 0 radical (unpaired) electrons. The van der Waals surface area contributed by atoms with Crippen molar-refractivity contribution in [1.82, 2.24) is 5.32 Å². The average Bonchev–Trinajstić information content (AvgIpc) is 2.49. The fourth-order valence-electron chi connectivity index (χ4n) is 1.77. The van der Waals surface area contributed by atoms with Crippen molar-refractivity contribution in [1.29, 1.82) is 0 Å². The summed E-state index contributed by atoms with van der Waals surface area (Å²) in [6, 6.07) is 0.908. The standard InChI is InChI=1S/C12H13F3N2O6/c1-21-7-4-6(11(18)16-5-12(13,14)15)8(17(19)20)10(23-3)9(7)22-2/h4H,5H2,1-3H3,(H,16,18). The zero-order valence-electron chi connectivity index (χ0n) is 12.3. The second-order valence-corrected chi connectivity index (χ2v) is 4.10. The second-order valence-electron chi connectivity index (χ2n) is 4.10. The molecule has 0 saturated carbocycles. The Morgan fingerprint density at radius 1 is 1.22 bits per heavy atom. The first kappa shape index (κ1) is 18.3. The molecule has 1 N–H and O–H groups in total. The van der Waals surface area contributed by atoms with Gasteiger partial charge in [0.05, 0.1) is 26.3 Å². The molecular formula is C12H13F3N2O6. The highest BCUT2D eigenvalue weighted by atomic mass is 19.4. The van der Waals surface area contributed by atoms with Gasteiger partial charge in [0.25, 0.3) is 5.91 Å². The lowest BCUT2D eigenvalue weighted by Gasteiger charge is -2.15. The summed E-state index contributed by atoms with van der Waals surface area (Å²) >= 11 is 0. The summed E-state index contributed by atoms with van der Waals surface area (Å²) in [5.74, 6) is -2.00. The molecule has 0 fully saturated rings. The Morgan fingerprint density at radius 3 is 2.17 bits per heavy atom. The van der Waals surface area contributed by atoms with Gasteiger partial charge < -0.3 is 19.5 Å². The Labute approximate surface area is 128 Å². The van der Waals surface area contributed by atoms with Crippen LogP contribution >= 0.6 is 0 Å². The summed E-state index contributed by atoms with van der Waals surface area (Å²) in [5.41, 5.74) is -1.47. The van der Waals surface area contributed by atoms with Crippen molar-refractivity contribution < 1.29 is 37.1 Å². The third kappa shape index (κ3) is 4.14. The highest BCUT2D eigenvalue weighted by Gasteiger charge is 2.34. The number of amides is 1. The fourth-order valence-corrected chi connectivity index (χ4v) is 1.77. The predicted molar refractivity (Wildman–Crippen MR) is 71.1 cm³/mol. The summed E-state index contributed by atoms with van der Waals surface area (Å²) < 4.78 is 51.3. The highest BCUT2D eigenvalue weighted by molar-refractivity contribution is 6.00. The summed E-state index contributed by atoms with van der Waals surface area (Å²) in [6.07, 6.45) is -4.66. The number of nitrogens with one attached hydrogen (secondary N) is 1. The minimum atomic E-state index is -4.66. The third-order valence-corrected chi connectivity index (χ3v) is 2.68. The maximum atomic E-state index is 12.2. The molecule has 0 unspecified atom stereocenters. The van der Waals surface area contributed by atoms with Crippen LogP contribution in [0.4, 0.5) is 18.9 Å². The zero-order valence-corrected chi connectivity index (χ0v) is 12.3. The van der Waals surface area contributed by atoms with E-state index >= 15 is 0 Å². The van der Waals surface area contributed by atoms with Crippen molar-refractivity contribution in [3.63, 3.8) is 0 Å². The van der Waals surface area contributed by atoms with Crippen LogP contribution in [-0.4, -0.2) is 44.9 Å². The van der Waals surface area contributed by atoms with E-state index in [1.165, 1.54) is 14.2 Å². The van der Waals surface area contributed by atoms with Gasteiger partial charge in [-0.3, -0.25) is 14.9 Å². The van der Waals surface area contributed by atoms with E-state index < -0.39 is 40.6 Å². The Hall–Kier alpha value is -2.72. The number of hydrogen-bond acceptors (Lipinski definition) is 6. The molecule has 0 aliphatic heterocycles. The van der Waals surface area contributed by atoms with Crippen LogP contribution in [-0.2, 0) is 0 Å². The Balaban J connectivity index is 3.46. The number of carbonyl (C=O) groups is 1. The van der Waals surface area contributed by atoms with Gasteiger partial charge in [-0.15, -0.1) is 0 Å². The van der Waals surface area contributed by atoms with E-state index in [4.69, 9.17) is 14.2 Å². The number of nitro benzene ring substituents is 1. The Kier molecular flexibility index (Phi) is 5.60. The Morgan fingerprint density at radius 2 is 1.78 bits per heavy atom. The molecule has 8 nitrogen and oxygen atoms in total. The number of carbonyl (C=O) groups excluding carboxylic acids is 1. The quantitative estimate of drug-likeness (QED) is 0.628. The van der Waals surface area contributed by atoms with Gasteiger partial charge in [0, 0.05) is 6.07 Å². The van der Waals surface area contributed by atoms with Crippen LogP contribution in [0.5, 0.6) is 17.2 Å². The van der Waals surface area contributed by atoms with Gasteiger partial charge in [0.2, 0.25) is 11.5 Å². The number of halogens is 3. The smallest absolute Gasteiger partial charge is 0.405 e. The highest BCUT2D eigenvalue weighted by Crippen LogP contribution is 2.46. The summed E-state index contributed by atoms with van der Waals surface area (Å²) in [4.78, 5) is 22.1. The molecule has 1 aromatic carbocycles. The minimum absolute atomic E-state index is 0.105. The van der Waals surface area contributed by atoms with E-state index in [-0.39, 0.29) is 11.5 Å². The normalized spacial score (nSPS) is 10.9. The maximum absolute atomic E-state index is 12.2. The summed E-state index contributed by atoms with van der Waals surface area (Å²) in [6.45, 7) is -1.64. The van der Waals surface area contributed by atoms with Crippen LogP contribution in [0.15, 0.2) is 6.07 Å².